The number of carboxylic acids is 1. The van der Waals surface area contributed by atoms with Gasteiger partial charge in [-0.2, -0.15) is 4.99 Å². The van der Waals surface area contributed by atoms with Gasteiger partial charge in [0.25, 0.3) is 5.69 Å². The fourth-order valence-corrected chi connectivity index (χ4v) is 2.95. The van der Waals surface area contributed by atoms with E-state index in [0.29, 0.717) is 0 Å². The van der Waals surface area contributed by atoms with Crippen molar-refractivity contribution in [3.8, 4) is 0 Å². The van der Waals surface area contributed by atoms with Crippen LogP contribution in [-0.2, 0) is 19.1 Å². The molecule has 0 aromatic heterocycles. The second-order valence-corrected chi connectivity index (χ2v) is 5.51. The molecule has 10 heteroatoms. The second-order valence-electron chi connectivity index (χ2n) is 5.51. The highest BCUT2D eigenvalue weighted by Gasteiger charge is 2.47. The monoisotopic (exact) mass is 377 g/mol. The predicted octanol–water partition coefficient (Wildman–Crippen LogP) is 1.56. The third-order valence-electron chi connectivity index (χ3n) is 3.95. The average molecular weight is 377 g/mol. The number of nitrogens with two attached hydrogens (primary N) is 1. The lowest BCUT2D eigenvalue weighted by atomic mass is 9.77. The maximum Gasteiger partial charge on any atom is 0.335 e. The number of carboxylic acid groups (broad SMARTS) is 1. The molecule has 2 atom stereocenters. The van der Waals surface area contributed by atoms with E-state index in [1.807, 2.05) is 0 Å². The molecule has 0 amide bonds. The Morgan fingerprint density at radius 1 is 1.30 bits per heavy atom. The van der Waals surface area contributed by atoms with Gasteiger partial charge in [0.15, 0.2) is 0 Å². The molecule has 0 saturated heterocycles. The van der Waals surface area contributed by atoms with Crippen molar-refractivity contribution in [2.24, 2.45) is 16.6 Å². The fourth-order valence-electron chi connectivity index (χ4n) is 2.95. The van der Waals surface area contributed by atoms with Crippen molar-refractivity contribution in [2.45, 2.75) is 19.8 Å². The third-order valence-corrected chi connectivity index (χ3v) is 3.95. The van der Waals surface area contributed by atoms with E-state index in [-0.39, 0.29) is 36.2 Å². The van der Waals surface area contributed by atoms with Crippen molar-refractivity contribution in [1.29, 1.82) is 0 Å². The molecule has 2 unspecified atom stereocenters. The third kappa shape index (κ3) is 3.89. The van der Waals surface area contributed by atoms with Gasteiger partial charge < -0.3 is 20.3 Å². The molecule has 3 N–H and O–H groups in total. The zero-order chi connectivity index (χ0) is 20.1. The van der Waals surface area contributed by atoms with Crippen molar-refractivity contribution in [1.82, 2.24) is 0 Å². The van der Waals surface area contributed by atoms with Crippen LogP contribution in [0, 0.1) is 16.0 Å². The van der Waals surface area contributed by atoms with Crippen LogP contribution in [0.1, 0.15) is 25.3 Å². The summed E-state index contributed by atoms with van der Waals surface area (Å²) in [5, 5.41) is 21.1. The standard InChI is InChI=1S/C17H19N3O7/c1-3-26-15-13(17(23)27-4-2)11(12(16(21)22)14(18)19-15)9-7-5-6-8-10(9)20(24)25/h5-8,11,13H,3-4,18H2,1-2H3,(H,21,22). The molecule has 1 heterocycles. The first-order chi connectivity index (χ1) is 12.8. The summed E-state index contributed by atoms with van der Waals surface area (Å²) in [5.41, 5.74) is 5.04. The van der Waals surface area contributed by atoms with Gasteiger partial charge in [0, 0.05) is 17.5 Å². The lowest BCUT2D eigenvalue weighted by molar-refractivity contribution is -0.385. The van der Waals surface area contributed by atoms with Gasteiger partial charge in [0.2, 0.25) is 5.90 Å². The Morgan fingerprint density at radius 2 is 1.96 bits per heavy atom. The Labute approximate surface area is 154 Å². The molecule has 1 aromatic rings. The van der Waals surface area contributed by atoms with Crippen LogP contribution in [0.5, 0.6) is 0 Å². The van der Waals surface area contributed by atoms with Crippen LogP contribution < -0.4 is 5.73 Å². The molecule has 1 aliphatic heterocycles. The number of hydrogen-bond acceptors (Lipinski definition) is 8. The maximum atomic E-state index is 12.6. The molecule has 0 fully saturated rings. The van der Waals surface area contributed by atoms with Crippen LogP contribution in [0.25, 0.3) is 0 Å². The minimum Gasteiger partial charge on any atom is -0.480 e. The molecule has 27 heavy (non-hydrogen) atoms. The summed E-state index contributed by atoms with van der Waals surface area (Å²) in [6, 6.07) is 5.54. The van der Waals surface area contributed by atoms with Crippen LogP contribution in [0.15, 0.2) is 40.7 Å². The summed E-state index contributed by atoms with van der Waals surface area (Å²) in [5.74, 6) is -5.37. The van der Waals surface area contributed by atoms with E-state index >= 15 is 0 Å². The molecule has 0 saturated carbocycles. The summed E-state index contributed by atoms with van der Waals surface area (Å²) in [7, 11) is 0. The van der Waals surface area contributed by atoms with E-state index in [4.69, 9.17) is 15.2 Å². The molecule has 0 spiro atoms. The largest absolute Gasteiger partial charge is 0.480 e. The highest BCUT2D eigenvalue weighted by molar-refractivity contribution is 6.04. The number of esters is 1. The first kappa shape index (κ1) is 19.9. The molecule has 1 aromatic carbocycles. The number of hydrogen-bond donors (Lipinski definition) is 2. The van der Waals surface area contributed by atoms with Gasteiger partial charge >= 0.3 is 11.9 Å². The van der Waals surface area contributed by atoms with E-state index in [1.165, 1.54) is 24.3 Å². The molecule has 144 valence electrons. The Balaban J connectivity index is 2.77. The van der Waals surface area contributed by atoms with Crippen molar-refractivity contribution < 1.29 is 29.1 Å². The minimum atomic E-state index is -1.44. The summed E-state index contributed by atoms with van der Waals surface area (Å²) >= 11 is 0. The number of aliphatic imine (C=N–C) groups is 1. The number of nitro groups is 1. The summed E-state index contributed by atoms with van der Waals surface area (Å²) in [6.45, 7) is 3.39. The summed E-state index contributed by atoms with van der Waals surface area (Å²) < 4.78 is 10.4. The Hall–Kier alpha value is -3.43. The Kier molecular flexibility index (Phi) is 6.11. The van der Waals surface area contributed by atoms with Gasteiger partial charge in [-0.3, -0.25) is 14.9 Å². The van der Waals surface area contributed by atoms with Gasteiger partial charge in [-0.1, -0.05) is 18.2 Å². The molecular weight excluding hydrogens is 358 g/mol. The molecular formula is C17H19N3O7. The number of carbonyl (C=O) groups excluding carboxylic acids is 1. The highest BCUT2D eigenvalue weighted by atomic mass is 16.6. The molecule has 0 radical (unpaired) electrons. The normalized spacial score (nSPS) is 19.3. The lowest BCUT2D eigenvalue weighted by Crippen LogP contribution is -2.40. The molecule has 2 rings (SSSR count). The number of benzene rings is 1. The van der Waals surface area contributed by atoms with Gasteiger partial charge in [-0.25, -0.2) is 4.79 Å². The number of aliphatic carboxylic acids is 1. The number of nitro benzene ring substituents is 1. The van der Waals surface area contributed by atoms with Crippen molar-refractivity contribution in [2.75, 3.05) is 13.2 Å². The minimum absolute atomic E-state index is 0.00741. The molecule has 1 aliphatic rings. The number of nitrogens with zero attached hydrogens (tertiary/aromatic N) is 2. The van der Waals surface area contributed by atoms with Gasteiger partial charge in [-0.05, 0) is 13.8 Å². The van der Waals surface area contributed by atoms with Crippen LogP contribution >= 0.6 is 0 Å². The van der Waals surface area contributed by atoms with E-state index in [2.05, 4.69) is 4.99 Å². The van der Waals surface area contributed by atoms with Crippen LogP contribution in [-0.4, -0.2) is 41.1 Å². The Morgan fingerprint density at radius 3 is 2.52 bits per heavy atom. The summed E-state index contributed by atoms with van der Waals surface area (Å²) in [6.07, 6.45) is 0. The van der Waals surface area contributed by atoms with E-state index in [1.54, 1.807) is 13.8 Å². The van der Waals surface area contributed by atoms with Crippen LogP contribution in [0.4, 0.5) is 5.69 Å². The first-order valence-corrected chi connectivity index (χ1v) is 8.17. The number of para-hydroxylation sites is 1. The van der Waals surface area contributed by atoms with Crippen molar-refractivity contribution >= 4 is 23.5 Å². The molecule has 0 aliphatic carbocycles. The van der Waals surface area contributed by atoms with Crippen molar-refractivity contribution in [3.63, 3.8) is 0 Å². The molecule has 10 nitrogen and oxygen atoms in total. The van der Waals surface area contributed by atoms with E-state index < -0.39 is 34.3 Å². The zero-order valence-electron chi connectivity index (χ0n) is 14.7. The zero-order valence-corrected chi connectivity index (χ0v) is 14.7. The van der Waals surface area contributed by atoms with Crippen molar-refractivity contribution in [3.05, 3.63) is 51.3 Å². The van der Waals surface area contributed by atoms with Crippen LogP contribution in [0.3, 0.4) is 0 Å². The second kappa shape index (κ2) is 8.30. The highest BCUT2D eigenvalue weighted by Crippen LogP contribution is 2.42. The lowest BCUT2D eigenvalue weighted by Gasteiger charge is -2.30. The summed E-state index contributed by atoms with van der Waals surface area (Å²) in [4.78, 5) is 39.2. The SMILES string of the molecule is CCOC(=O)C1C(OCC)=NC(N)=C(C(=O)O)C1c1ccccc1[N+](=O)[O-]. The number of rotatable bonds is 6. The Bertz CT molecular complexity index is 832. The number of carbonyl (C=O) groups is 2. The first-order valence-electron chi connectivity index (χ1n) is 8.17. The van der Waals surface area contributed by atoms with Gasteiger partial charge in [0.05, 0.1) is 23.7 Å². The quantitative estimate of drug-likeness (QED) is 0.430. The van der Waals surface area contributed by atoms with E-state index in [0.717, 1.165) is 0 Å². The number of ether oxygens (including phenoxy) is 2. The van der Waals surface area contributed by atoms with Gasteiger partial charge in [-0.15, -0.1) is 0 Å². The predicted molar refractivity (Wildman–Crippen MR) is 93.9 cm³/mol. The fraction of sp³-hybridized carbons (Fsp3) is 0.353. The maximum absolute atomic E-state index is 12.6. The smallest absolute Gasteiger partial charge is 0.335 e. The van der Waals surface area contributed by atoms with E-state index in [9.17, 15) is 24.8 Å². The van der Waals surface area contributed by atoms with Gasteiger partial charge in [0.1, 0.15) is 11.7 Å². The molecule has 0 bridgehead atoms. The topological polar surface area (TPSA) is 154 Å². The van der Waals surface area contributed by atoms with Crippen LogP contribution in [0.2, 0.25) is 0 Å². The average Bonchev–Trinajstić information content (AvgIpc) is 2.61.